The summed E-state index contributed by atoms with van der Waals surface area (Å²) in [7, 11) is 1.25. The van der Waals surface area contributed by atoms with Crippen LogP contribution in [0.25, 0.3) is 6.08 Å². The van der Waals surface area contributed by atoms with Crippen LogP contribution in [0.2, 0.25) is 0 Å². The minimum absolute atomic E-state index is 0.0224. The second-order valence-electron chi connectivity index (χ2n) is 2.97. The fourth-order valence-corrected chi connectivity index (χ4v) is 1.47. The van der Waals surface area contributed by atoms with Gasteiger partial charge in [0, 0.05) is 10.0 Å². The van der Waals surface area contributed by atoms with Crippen molar-refractivity contribution < 1.29 is 18.3 Å². The minimum atomic E-state index is -0.687. The van der Waals surface area contributed by atoms with Gasteiger partial charge < -0.3 is 4.74 Å². The maximum Gasteiger partial charge on any atom is 0.309 e. The van der Waals surface area contributed by atoms with Crippen LogP contribution in [-0.4, -0.2) is 13.1 Å². The first kappa shape index (κ1) is 12.8. The first-order valence-corrected chi connectivity index (χ1v) is 5.21. The fourth-order valence-electron chi connectivity index (χ4n) is 1.07. The standard InChI is InChI=1S/C11H9BrF2O2/c1-16-11(15)4-2-3-8-9(13)5-7(12)6-10(8)14/h2-3,5-6H,4H2,1H3. The molecule has 0 aliphatic carbocycles. The van der Waals surface area contributed by atoms with Crippen molar-refractivity contribution in [3.63, 3.8) is 0 Å². The molecule has 2 nitrogen and oxygen atoms in total. The van der Waals surface area contributed by atoms with Gasteiger partial charge in [0.2, 0.25) is 0 Å². The molecule has 0 radical (unpaired) electrons. The Kier molecular flexibility index (Phi) is 4.61. The summed E-state index contributed by atoms with van der Waals surface area (Å²) in [5, 5.41) is 0. The molecule has 0 atom stereocenters. The quantitative estimate of drug-likeness (QED) is 0.799. The number of hydrogen-bond donors (Lipinski definition) is 0. The highest BCUT2D eigenvalue weighted by Crippen LogP contribution is 2.20. The molecule has 0 spiro atoms. The first-order chi connectivity index (χ1) is 7.54. The van der Waals surface area contributed by atoms with Gasteiger partial charge in [-0.1, -0.05) is 28.1 Å². The molecule has 1 aromatic rings. The van der Waals surface area contributed by atoms with Crippen molar-refractivity contribution in [1.82, 2.24) is 0 Å². The fraction of sp³-hybridized carbons (Fsp3) is 0.182. The van der Waals surface area contributed by atoms with Crippen LogP contribution in [0.15, 0.2) is 22.7 Å². The van der Waals surface area contributed by atoms with Crippen molar-refractivity contribution in [2.75, 3.05) is 7.11 Å². The van der Waals surface area contributed by atoms with Gasteiger partial charge in [-0.15, -0.1) is 0 Å². The van der Waals surface area contributed by atoms with E-state index in [1.54, 1.807) is 0 Å². The molecule has 0 aliphatic rings. The Hall–Kier alpha value is -1.23. The summed E-state index contributed by atoms with van der Waals surface area (Å²) in [6.07, 6.45) is 2.54. The van der Waals surface area contributed by atoms with E-state index in [4.69, 9.17) is 0 Å². The zero-order valence-electron chi connectivity index (χ0n) is 8.47. The molecule has 0 bridgehead atoms. The van der Waals surface area contributed by atoms with Gasteiger partial charge in [-0.25, -0.2) is 8.78 Å². The van der Waals surface area contributed by atoms with E-state index in [0.717, 1.165) is 12.1 Å². The summed E-state index contributed by atoms with van der Waals surface area (Å²) in [6, 6.07) is 2.31. The Bertz CT molecular complexity index is 407. The second-order valence-corrected chi connectivity index (χ2v) is 3.88. The summed E-state index contributed by atoms with van der Waals surface area (Å²) in [4.78, 5) is 10.8. The molecule has 16 heavy (non-hydrogen) atoms. The maximum absolute atomic E-state index is 13.3. The Balaban J connectivity index is 2.85. The monoisotopic (exact) mass is 290 g/mol. The molecular weight excluding hydrogens is 282 g/mol. The van der Waals surface area contributed by atoms with Crippen LogP contribution in [0, 0.1) is 11.6 Å². The minimum Gasteiger partial charge on any atom is -0.469 e. The topological polar surface area (TPSA) is 26.3 Å². The second kappa shape index (κ2) is 5.75. The lowest BCUT2D eigenvalue weighted by atomic mass is 10.1. The third-order valence-electron chi connectivity index (χ3n) is 1.84. The van der Waals surface area contributed by atoms with Crippen LogP contribution in [-0.2, 0) is 9.53 Å². The highest BCUT2D eigenvalue weighted by Gasteiger charge is 2.07. The lowest BCUT2D eigenvalue weighted by Crippen LogP contribution is -1.97. The third-order valence-corrected chi connectivity index (χ3v) is 2.30. The summed E-state index contributed by atoms with van der Waals surface area (Å²) >= 11 is 2.97. The van der Waals surface area contributed by atoms with Gasteiger partial charge in [0.15, 0.2) is 0 Å². The number of rotatable bonds is 3. The van der Waals surface area contributed by atoms with E-state index in [-0.39, 0.29) is 12.0 Å². The molecule has 0 fully saturated rings. The highest BCUT2D eigenvalue weighted by atomic mass is 79.9. The molecule has 0 aliphatic heterocycles. The normalized spacial score (nSPS) is 10.8. The van der Waals surface area contributed by atoms with Gasteiger partial charge in [-0.3, -0.25) is 4.79 Å². The van der Waals surface area contributed by atoms with Crippen LogP contribution in [0.3, 0.4) is 0 Å². The largest absolute Gasteiger partial charge is 0.469 e. The van der Waals surface area contributed by atoms with Crippen molar-refractivity contribution in [1.29, 1.82) is 0 Å². The smallest absolute Gasteiger partial charge is 0.309 e. The van der Waals surface area contributed by atoms with Crippen molar-refractivity contribution >= 4 is 28.0 Å². The Morgan fingerprint density at radius 3 is 2.50 bits per heavy atom. The molecule has 0 amide bonds. The van der Waals surface area contributed by atoms with Crippen LogP contribution < -0.4 is 0 Å². The van der Waals surface area contributed by atoms with Gasteiger partial charge in [0.25, 0.3) is 0 Å². The molecule has 5 heteroatoms. The predicted molar refractivity (Wildman–Crippen MR) is 59.7 cm³/mol. The van der Waals surface area contributed by atoms with Crippen LogP contribution in [0.4, 0.5) is 8.78 Å². The van der Waals surface area contributed by atoms with E-state index in [0.29, 0.717) is 4.47 Å². The SMILES string of the molecule is COC(=O)CC=Cc1c(F)cc(Br)cc1F. The third kappa shape index (κ3) is 3.41. The number of carbonyl (C=O) groups excluding carboxylic acids is 1. The summed E-state index contributed by atoms with van der Waals surface area (Å²) < 4.78 is 31.3. The molecule has 0 unspecified atom stereocenters. The Morgan fingerprint density at radius 2 is 2.00 bits per heavy atom. The van der Waals surface area contributed by atoms with Gasteiger partial charge in [0.05, 0.1) is 13.5 Å². The average molecular weight is 291 g/mol. The molecule has 0 aromatic heterocycles. The Labute approximate surface area is 100 Å². The van der Waals surface area contributed by atoms with E-state index in [2.05, 4.69) is 20.7 Å². The molecule has 1 rings (SSSR count). The first-order valence-electron chi connectivity index (χ1n) is 4.42. The van der Waals surface area contributed by atoms with Gasteiger partial charge in [-0.2, -0.15) is 0 Å². The number of esters is 1. The number of halogens is 3. The average Bonchev–Trinajstić information content (AvgIpc) is 2.21. The lowest BCUT2D eigenvalue weighted by molar-refractivity contribution is -0.139. The molecule has 0 heterocycles. The summed E-state index contributed by atoms with van der Waals surface area (Å²) in [6.45, 7) is 0. The number of ether oxygens (including phenoxy) is 1. The van der Waals surface area contributed by atoms with Crippen molar-refractivity contribution in [3.05, 3.63) is 39.9 Å². The molecule has 86 valence electrons. The van der Waals surface area contributed by atoms with Crippen LogP contribution >= 0.6 is 15.9 Å². The molecule has 0 saturated carbocycles. The molecular formula is C11H9BrF2O2. The van der Waals surface area contributed by atoms with Crippen molar-refractivity contribution in [2.45, 2.75) is 6.42 Å². The van der Waals surface area contributed by atoms with Gasteiger partial charge in [0.1, 0.15) is 11.6 Å². The zero-order chi connectivity index (χ0) is 12.1. The van der Waals surface area contributed by atoms with E-state index in [1.165, 1.54) is 19.3 Å². The van der Waals surface area contributed by atoms with E-state index in [1.807, 2.05) is 0 Å². The summed E-state index contributed by atoms with van der Waals surface area (Å²) in [5.74, 6) is -1.84. The van der Waals surface area contributed by atoms with Crippen molar-refractivity contribution in [2.24, 2.45) is 0 Å². The lowest BCUT2D eigenvalue weighted by Gasteiger charge is -2.00. The highest BCUT2D eigenvalue weighted by molar-refractivity contribution is 9.10. The van der Waals surface area contributed by atoms with Crippen molar-refractivity contribution in [3.8, 4) is 0 Å². The van der Waals surface area contributed by atoms with Crippen LogP contribution in [0.5, 0.6) is 0 Å². The zero-order valence-corrected chi connectivity index (χ0v) is 10.1. The number of carbonyl (C=O) groups is 1. The number of hydrogen-bond acceptors (Lipinski definition) is 2. The number of benzene rings is 1. The molecule has 1 aromatic carbocycles. The Morgan fingerprint density at radius 1 is 1.44 bits per heavy atom. The van der Waals surface area contributed by atoms with E-state index in [9.17, 15) is 13.6 Å². The molecule has 0 saturated heterocycles. The van der Waals surface area contributed by atoms with Gasteiger partial charge in [-0.05, 0) is 12.1 Å². The number of methoxy groups -OCH3 is 1. The maximum atomic E-state index is 13.3. The summed E-state index contributed by atoms with van der Waals surface area (Å²) in [5.41, 5.74) is -0.174. The van der Waals surface area contributed by atoms with E-state index >= 15 is 0 Å². The predicted octanol–water partition coefficient (Wildman–Crippen LogP) is 3.30. The van der Waals surface area contributed by atoms with Gasteiger partial charge >= 0.3 is 5.97 Å². The van der Waals surface area contributed by atoms with E-state index < -0.39 is 17.6 Å². The molecule has 0 N–H and O–H groups in total. The van der Waals surface area contributed by atoms with Crippen LogP contribution in [0.1, 0.15) is 12.0 Å².